The van der Waals surface area contributed by atoms with Gasteiger partial charge in [0.15, 0.2) is 0 Å². The van der Waals surface area contributed by atoms with E-state index in [0.717, 1.165) is 18.4 Å². The van der Waals surface area contributed by atoms with Gasteiger partial charge in [-0.25, -0.2) is 0 Å². The van der Waals surface area contributed by atoms with Gasteiger partial charge in [0.2, 0.25) is 0 Å². The smallest absolute Gasteiger partial charge is 0.269 e. The van der Waals surface area contributed by atoms with E-state index in [2.05, 4.69) is 50.2 Å². The van der Waals surface area contributed by atoms with Crippen molar-refractivity contribution in [3.63, 3.8) is 0 Å². The first-order valence-corrected chi connectivity index (χ1v) is 10.1. The Kier molecular flexibility index (Phi) is 6.77. The average molecular weight is 412 g/mol. The number of nitrogens with zero attached hydrogens (tertiary/aromatic N) is 1. The van der Waals surface area contributed by atoms with E-state index in [1.165, 1.54) is 22.8 Å². The molecule has 0 saturated heterocycles. The highest BCUT2D eigenvalue weighted by Gasteiger charge is 2.11. The summed E-state index contributed by atoms with van der Waals surface area (Å²) < 4.78 is 1.66. The molecule has 0 amide bonds. The zero-order chi connectivity index (χ0) is 20.1. The van der Waals surface area contributed by atoms with Crippen LogP contribution in [0.5, 0.6) is 0 Å². The van der Waals surface area contributed by atoms with E-state index in [1.807, 2.05) is 24.3 Å². The second-order valence-electron chi connectivity index (χ2n) is 6.85. The first-order valence-electron chi connectivity index (χ1n) is 9.39. The molecule has 0 saturated carbocycles. The molecule has 0 bridgehead atoms. The minimum absolute atomic E-state index is 0.138. The minimum atomic E-state index is -0.222. The number of pyridine rings is 1. The second kappa shape index (κ2) is 9.27. The number of aryl methyl sites for hydroxylation is 3. The lowest BCUT2D eigenvalue weighted by Crippen LogP contribution is -2.24. The molecular weight excluding hydrogens is 389 g/mol. The van der Waals surface area contributed by atoms with E-state index in [9.17, 15) is 4.79 Å². The van der Waals surface area contributed by atoms with Gasteiger partial charge in [-0.05, 0) is 48.6 Å². The van der Waals surface area contributed by atoms with Crippen LogP contribution < -0.4 is 5.56 Å². The molecule has 1 aromatic heterocycles. The number of benzene rings is 2. The molecule has 0 spiro atoms. The lowest BCUT2D eigenvalue weighted by Gasteiger charge is -2.13. The maximum atomic E-state index is 12.7. The van der Waals surface area contributed by atoms with Crippen LogP contribution in [0.2, 0.25) is 10.0 Å². The predicted molar refractivity (Wildman–Crippen MR) is 120 cm³/mol. The van der Waals surface area contributed by atoms with Gasteiger partial charge in [0.1, 0.15) is 5.02 Å². The SMILES string of the molecule is CCc1cccc(/C=C/c2c(Cl)cc(Cl)c(=O)n2CCc2ccc(C)cc2)c1. The molecule has 0 aliphatic heterocycles. The van der Waals surface area contributed by atoms with Gasteiger partial charge in [-0.1, -0.05) is 90.3 Å². The zero-order valence-electron chi connectivity index (χ0n) is 16.1. The zero-order valence-corrected chi connectivity index (χ0v) is 17.6. The number of aromatic nitrogens is 1. The molecule has 28 heavy (non-hydrogen) atoms. The molecule has 3 aromatic rings. The molecule has 4 heteroatoms. The number of hydrogen-bond acceptors (Lipinski definition) is 1. The molecule has 0 aliphatic carbocycles. The third-order valence-electron chi connectivity index (χ3n) is 4.78. The lowest BCUT2D eigenvalue weighted by atomic mass is 10.1. The van der Waals surface area contributed by atoms with E-state index in [1.54, 1.807) is 4.57 Å². The summed E-state index contributed by atoms with van der Waals surface area (Å²) in [5.41, 5.74) is 5.16. The molecule has 2 aromatic carbocycles. The van der Waals surface area contributed by atoms with Crippen LogP contribution in [0.1, 0.15) is 34.9 Å². The van der Waals surface area contributed by atoms with Crippen molar-refractivity contribution in [3.05, 3.63) is 103 Å². The van der Waals surface area contributed by atoms with Crippen molar-refractivity contribution in [2.45, 2.75) is 33.2 Å². The molecule has 144 valence electrons. The second-order valence-corrected chi connectivity index (χ2v) is 7.66. The highest BCUT2D eigenvalue weighted by atomic mass is 35.5. The fourth-order valence-electron chi connectivity index (χ4n) is 3.09. The Bertz CT molecular complexity index is 1050. The van der Waals surface area contributed by atoms with Crippen molar-refractivity contribution in [1.82, 2.24) is 4.57 Å². The maximum absolute atomic E-state index is 12.7. The summed E-state index contributed by atoms with van der Waals surface area (Å²) in [6.07, 6.45) is 5.58. The van der Waals surface area contributed by atoms with Crippen molar-refractivity contribution >= 4 is 35.4 Å². The fourth-order valence-corrected chi connectivity index (χ4v) is 3.63. The standard InChI is InChI=1S/C24H23Cl2NO/c1-3-18-5-4-6-20(15-18)11-12-23-21(25)16-22(26)24(28)27(23)14-13-19-9-7-17(2)8-10-19/h4-12,15-16H,3,13-14H2,1-2H3/b12-11+. The van der Waals surface area contributed by atoms with Crippen LogP contribution in [-0.2, 0) is 19.4 Å². The molecule has 2 nitrogen and oxygen atoms in total. The Morgan fingerprint density at radius 2 is 1.68 bits per heavy atom. The van der Waals surface area contributed by atoms with Crippen molar-refractivity contribution in [1.29, 1.82) is 0 Å². The number of halogens is 2. The molecule has 0 aliphatic rings. The summed E-state index contributed by atoms with van der Waals surface area (Å²) in [4.78, 5) is 12.7. The van der Waals surface area contributed by atoms with E-state index in [4.69, 9.17) is 23.2 Å². The summed E-state index contributed by atoms with van der Waals surface area (Å²) in [5, 5.41) is 0.607. The summed E-state index contributed by atoms with van der Waals surface area (Å²) in [6.45, 7) is 4.69. The van der Waals surface area contributed by atoms with Gasteiger partial charge in [0.05, 0.1) is 10.7 Å². The quantitative estimate of drug-likeness (QED) is 0.457. The van der Waals surface area contributed by atoms with Gasteiger partial charge < -0.3 is 4.57 Å². The van der Waals surface area contributed by atoms with Crippen LogP contribution in [0.25, 0.3) is 12.2 Å². The summed E-state index contributed by atoms with van der Waals surface area (Å²) in [6, 6.07) is 18.1. The molecule has 0 unspecified atom stereocenters. The largest absolute Gasteiger partial charge is 0.306 e. The highest BCUT2D eigenvalue weighted by Crippen LogP contribution is 2.21. The predicted octanol–water partition coefficient (Wildman–Crippen LogP) is 6.44. The first-order chi connectivity index (χ1) is 13.5. The third-order valence-corrected chi connectivity index (χ3v) is 5.35. The Morgan fingerprint density at radius 3 is 2.39 bits per heavy atom. The van der Waals surface area contributed by atoms with Gasteiger partial charge in [-0.15, -0.1) is 0 Å². The Labute approximate surface area is 176 Å². The van der Waals surface area contributed by atoms with Crippen LogP contribution in [0, 0.1) is 6.92 Å². The Hall–Kier alpha value is -2.29. The van der Waals surface area contributed by atoms with Crippen LogP contribution in [0.15, 0.2) is 59.4 Å². The third kappa shape index (κ3) is 4.95. The van der Waals surface area contributed by atoms with Gasteiger partial charge in [-0.2, -0.15) is 0 Å². The van der Waals surface area contributed by atoms with Crippen molar-refractivity contribution in [3.8, 4) is 0 Å². The number of rotatable bonds is 6. The fraction of sp³-hybridized carbons (Fsp3) is 0.208. The number of hydrogen-bond donors (Lipinski definition) is 0. The molecule has 0 fully saturated rings. The maximum Gasteiger partial charge on any atom is 0.269 e. The van der Waals surface area contributed by atoms with Crippen LogP contribution in [0.4, 0.5) is 0 Å². The normalized spacial score (nSPS) is 11.3. The van der Waals surface area contributed by atoms with Crippen LogP contribution in [-0.4, -0.2) is 4.57 Å². The van der Waals surface area contributed by atoms with Crippen molar-refractivity contribution in [2.75, 3.05) is 0 Å². The molecule has 0 N–H and O–H groups in total. The summed E-state index contributed by atoms with van der Waals surface area (Å²) >= 11 is 12.5. The van der Waals surface area contributed by atoms with E-state index >= 15 is 0 Å². The summed E-state index contributed by atoms with van der Waals surface area (Å²) in [7, 11) is 0. The van der Waals surface area contributed by atoms with E-state index in [0.29, 0.717) is 17.3 Å². The summed E-state index contributed by atoms with van der Waals surface area (Å²) in [5.74, 6) is 0. The topological polar surface area (TPSA) is 22.0 Å². The van der Waals surface area contributed by atoms with E-state index in [-0.39, 0.29) is 10.6 Å². The van der Waals surface area contributed by atoms with Crippen molar-refractivity contribution in [2.24, 2.45) is 0 Å². The van der Waals surface area contributed by atoms with Crippen LogP contribution >= 0.6 is 23.2 Å². The molecular formula is C24H23Cl2NO. The van der Waals surface area contributed by atoms with E-state index < -0.39 is 0 Å². The van der Waals surface area contributed by atoms with Crippen molar-refractivity contribution < 1.29 is 0 Å². The molecule has 0 atom stereocenters. The first kappa shape index (κ1) is 20.4. The van der Waals surface area contributed by atoms with Crippen LogP contribution in [0.3, 0.4) is 0 Å². The Balaban J connectivity index is 1.93. The lowest BCUT2D eigenvalue weighted by molar-refractivity contribution is 0.664. The molecule has 1 heterocycles. The molecule has 0 radical (unpaired) electrons. The van der Waals surface area contributed by atoms with Gasteiger partial charge in [0.25, 0.3) is 5.56 Å². The highest BCUT2D eigenvalue weighted by molar-refractivity contribution is 6.35. The Morgan fingerprint density at radius 1 is 0.929 bits per heavy atom. The van der Waals surface area contributed by atoms with Gasteiger partial charge in [-0.3, -0.25) is 4.79 Å². The monoisotopic (exact) mass is 411 g/mol. The average Bonchev–Trinajstić information content (AvgIpc) is 2.70. The minimum Gasteiger partial charge on any atom is -0.306 e. The van der Waals surface area contributed by atoms with Gasteiger partial charge >= 0.3 is 0 Å². The van der Waals surface area contributed by atoms with Gasteiger partial charge in [0, 0.05) is 6.54 Å². The molecule has 3 rings (SSSR count).